The average Bonchev–Trinajstić information content (AvgIpc) is 2.80. The number of hydrogen-bond donors (Lipinski definition) is 1. The van der Waals surface area contributed by atoms with E-state index in [0.29, 0.717) is 0 Å². The number of carbonyl (C=O) groups excluding carboxylic acids is 1. The number of rotatable bonds is 6. The number of nitrogens with one attached hydrogen (secondary N) is 1. The van der Waals surface area contributed by atoms with E-state index in [9.17, 15) is 14.9 Å². The molecule has 1 heterocycles. The van der Waals surface area contributed by atoms with Crippen molar-refractivity contribution in [2.24, 2.45) is 11.0 Å². The first-order valence-corrected chi connectivity index (χ1v) is 10.4. The van der Waals surface area contributed by atoms with E-state index >= 15 is 0 Å². The summed E-state index contributed by atoms with van der Waals surface area (Å²) in [5.74, 6) is -0.107. The topological polar surface area (TPSA) is 87.8 Å². The highest BCUT2D eigenvalue weighted by atomic mass is 16.6. The van der Waals surface area contributed by atoms with E-state index < -0.39 is 4.92 Å². The van der Waals surface area contributed by atoms with Crippen LogP contribution in [0.2, 0.25) is 0 Å². The van der Waals surface area contributed by atoms with Crippen LogP contribution in [0.1, 0.15) is 24.0 Å². The molecular formula is C24H24N4O3. The molecule has 0 atom stereocenters. The van der Waals surface area contributed by atoms with E-state index in [1.165, 1.54) is 12.1 Å². The number of nitro benzene ring substituents is 1. The number of benzene rings is 3. The Morgan fingerprint density at radius 3 is 2.52 bits per heavy atom. The number of nitrogens with zero attached hydrogens (tertiary/aromatic N) is 3. The smallest absolute Gasteiger partial charge is 0.269 e. The summed E-state index contributed by atoms with van der Waals surface area (Å²) >= 11 is 0. The monoisotopic (exact) mass is 416 g/mol. The molecule has 7 nitrogen and oxygen atoms in total. The number of nitro groups is 1. The fourth-order valence-electron chi connectivity index (χ4n) is 3.95. The van der Waals surface area contributed by atoms with Gasteiger partial charge in [-0.2, -0.15) is 5.10 Å². The van der Waals surface area contributed by atoms with Crippen LogP contribution in [0.3, 0.4) is 0 Å². The first-order chi connectivity index (χ1) is 15.1. The number of piperidine rings is 1. The predicted octanol–water partition coefficient (Wildman–Crippen LogP) is 4.11. The molecule has 0 radical (unpaired) electrons. The fraction of sp³-hybridized carbons (Fsp3) is 0.250. The van der Waals surface area contributed by atoms with Gasteiger partial charge in [-0.25, -0.2) is 5.43 Å². The summed E-state index contributed by atoms with van der Waals surface area (Å²) in [6, 6.07) is 20.7. The standard InChI is InChI=1S/C24H24N4O3/c29-24(26-25-16-21-6-3-5-19-4-1-2-7-23(19)21)20-12-14-27(15-13-20)17-18-8-10-22(11-9-18)28(30)31/h1-11,16,20H,12-15,17H2,(H,26,29). The van der Waals surface area contributed by atoms with Crippen molar-refractivity contribution in [2.45, 2.75) is 19.4 Å². The maximum Gasteiger partial charge on any atom is 0.269 e. The average molecular weight is 416 g/mol. The number of likely N-dealkylation sites (tertiary alicyclic amines) is 1. The third kappa shape index (κ3) is 5.13. The molecule has 0 aromatic heterocycles. The van der Waals surface area contributed by atoms with Crippen molar-refractivity contribution in [2.75, 3.05) is 13.1 Å². The van der Waals surface area contributed by atoms with Gasteiger partial charge >= 0.3 is 0 Å². The molecule has 158 valence electrons. The van der Waals surface area contributed by atoms with Gasteiger partial charge in [-0.05, 0) is 42.3 Å². The summed E-state index contributed by atoms with van der Waals surface area (Å²) in [6.07, 6.45) is 3.23. The normalized spacial score (nSPS) is 15.4. The molecule has 7 heteroatoms. The molecule has 1 N–H and O–H groups in total. The number of carbonyl (C=O) groups is 1. The lowest BCUT2D eigenvalue weighted by Crippen LogP contribution is -2.39. The largest absolute Gasteiger partial charge is 0.299 e. The lowest BCUT2D eigenvalue weighted by molar-refractivity contribution is -0.384. The van der Waals surface area contributed by atoms with E-state index in [4.69, 9.17) is 0 Å². The zero-order valence-electron chi connectivity index (χ0n) is 17.1. The maximum absolute atomic E-state index is 12.5. The highest BCUT2D eigenvalue weighted by Gasteiger charge is 2.24. The first kappa shape index (κ1) is 20.7. The minimum atomic E-state index is -0.392. The van der Waals surface area contributed by atoms with E-state index in [0.717, 1.165) is 54.4 Å². The Morgan fingerprint density at radius 2 is 1.77 bits per heavy atom. The van der Waals surface area contributed by atoms with E-state index in [2.05, 4.69) is 27.6 Å². The van der Waals surface area contributed by atoms with Gasteiger partial charge < -0.3 is 0 Å². The lowest BCUT2D eigenvalue weighted by atomic mass is 9.96. The van der Waals surface area contributed by atoms with Crippen LogP contribution < -0.4 is 5.43 Å². The third-order valence-electron chi connectivity index (χ3n) is 5.71. The molecule has 0 spiro atoms. The Morgan fingerprint density at radius 1 is 1.06 bits per heavy atom. The molecule has 31 heavy (non-hydrogen) atoms. The van der Waals surface area contributed by atoms with Crippen LogP contribution >= 0.6 is 0 Å². The second kappa shape index (κ2) is 9.49. The number of hydrogen-bond acceptors (Lipinski definition) is 5. The summed E-state index contributed by atoms with van der Waals surface area (Å²) in [4.78, 5) is 25.1. The number of non-ortho nitro benzene ring substituents is 1. The molecule has 1 aliphatic heterocycles. The Labute approximate surface area is 180 Å². The summed E-state index contributed by atoms with van der Waals surface area (Å²) in [7, 11) is 0. The van der Waals surface area contributed by atoms with E-state index in [1.807, 2.05) is 30.3 Å². The molecule has 1 amide bonds. The summed E-state index contributed by atoms with van der Waals surface area (Å²) in [5, 5.41) is 17.2. The van der Waals surface area contributed by atoms with Crippen molar-refractivity contribution in [3.05, 3.63) is 88.0 Å². The molecule has 0 unspecified atom stereocenters. The maximum atomic E-state index is 12.5. The Bertz CT molecular complexity index is 1100. The Balaban J connectivity index is 1.27. The molecule has 0 bridgehead atoms. The molecule has 1 aliphatic rings. The van der Waals surface area contributed by atoms with Crippen molar-refractivity contribution in [1.29, 1.82) is 0 Å². The van der Waals surface area contributed by atoms with Gasteiger partial charge in [0.2, 0.25) is 5.91 Å². The van der Waals surface area contributed by atoms with Gasteiger partial charge in [0.25, 0.3) is 5.69 Å². The molecule has 1 saturated heterocycles. The second-order valence-electron chi connectivity index (χ2n) is 7.78. The van der Waals surface area contributed by atoms with Crippen LogP contribution in [-0.2, 0) is 11.3 Å². The summed E-state index contributed by atoms with van der Waals surface area (Å²) < 4.78 is 0. The lowest BCUT2D eigenvalue weighted by Gasteiger charge is -2.30. The van der Waals surface area contributed by atoms with Gasteiger partial charge in [-0.1, -0.05) is 54.6 Å². The van der Waals surface area contributed by atoms with Gasteiger partial charge in [0.15, 0.2) is 0 Å². The minimum Gasteiger partial charge on any atom is -0.299 e. The van der Waals surface area contributed by atoms with Crippen molar-refractivity contribution >= 4 is 28.6 Å². The van der Waals surface area contributed by atoms with Crippen LogP contribution in [0, 0.1) is 16.0 Å². The quantitative estimate of drug-likeness (QED) is 0.372. The van der Waals surface area contributed by atoms with E-state index in [1.54, 1.807) is 18.3 Å². The van der Waals surface area contributed by atoms with Crippen LogP contribution in [0.25, 0.3) is 10.8 Å². The van der Waals surface area contributed by atoms with Gasteiger partial charge in [0, 0.05) is 30.2 Å². The fourth-order valence-corrected chi connectivity index (χ4v) is 3.95. The molecule has 4 rings (SSSR count). The van der Waals surface area contributed by atoms with Gasteiger partial charge in [0.1, 0.15) is 0 Å². The van der Waals surface area contributed by atoms with Crippen LogP contribution in [-0.4, -0.2) is 35.0 Å². The SMILES string of the molecule is O=C(NN=Cc1cccc2ccccc12)C1CCN(Cc2ccc([N+](=O)[O-])cc2)CC1. The number of hydrazone groups is 1. The van der Waals surface area contributed by atoms with Gasteiger partial charge in [-0.15, -0.1) is 0 Å². The Hall–Kier alpha value is -3.58. The second-order valence-corrected chi connectivity index (χ2v) is 7.78. The predicted molar refractivity (Wildman–Crippen MR) is 121 cm³/mol. The zero-order chi connectivity index (χ0) is 21.6. The minimum absolute atomic E-state index is 0.0496. The molecule has 0 saturated carbocycles. The number of fused-ring (bicyclic) bond motifs is 1. The van der Waals surface area contributed by atoms with Crippen LogP contribution in [0.4, 0.5) is 5.69 Å². The molecule has 3 aromatic rings. The van der Waals surface area contributed by atoms with Gasteiger partial charge in [0.05, 0.1) is 11.1 Å². The first-order valence-electron chi connectivity index (χ1n) is 10.4. The Kier molecular flexibility index (Phi) is 6.33. The molecule has 0 aliphatic carbocycles. The van der Waals surface area contributed by atoms with Crippen LogP contribution in [0.15, 0.2) is 71.8 Å². The third-order valence-corrected chi connectivity index (χ3v) is 5.71. The molecule has 1 fully saturated rings. The van der Waals surface area contributed by atoms with Crippen LogP contribution in [0.5, 0.6) is 0 Å². The van der Waals surface area contributed by atoms with Crippen molar-refractivity contribution in [3.63, 3.8) is 0 Å². The van der Waals surface area contributed by atoms with E-state index in [-0.39, 0.29) is 17.5 Å². The molecule has 3 aromatic carbocycles. The van der Waals surface area contributed by atoms with Crippen molar-refractivity contribution in [3.8, 4) is 0 Å². The van der Waals surface area contributed by atoms with Gasteiger partial charge in [-0.3, -0.25) is 19.8 Å². The highest BCUT2D eigenvalue weighted by molar-refractivity contribution is 5.99. The summed E-state index contributed by atoms with van der Waals surface area (Å²) in [5.41, 5.74) is 4.80. The van der Waals surface area contributed by atoms with Crippen molar-refractivity contribution < 1.29 is 9.72 Å². The molecular weight excluding hydrogens is 392 g/mol. The summed E-state index contributed by atoms with van der Waals surface area (Å²) in [6.45, 7) is 2.34. The number of amides is 1. The highest BCUT2D eigenvalue weighted by Crippen LogP contribution is 2.21. The van der Waals surface area contributed by atoms with Crippen molar-refractivity contribution in [1.82, 2.24) is 10.3 Å². The zero-order valence-corrected chi connectivity index (χ0v) is 17.1.